The number of para-hydroxylation sites is 1. The van der Waals surface area contributed by atoms with E-state index in [1.807, 2.05) is 60.7 Å². The van der Waals surface area contributed by atoms with Gasteiger partial charge in [-0.2, -0.15) is 0 Å². The van der Waals surface area contributed by atoms with Gasteiger partial charge in [-0.25, -0.2) is 4.99 Å². The Kier molecular flexibility index (Phi) is 8.65. The number of carbonyl (C=O) groups is 1. The molecule has 1 aliphatic carbocycles. The van der Waals surface area contributed by atoms with Gasteiger partial charge in [-0.05, 0) is 90.3 Å². The van der Waals surface area contributed by atoms with Crippen molar-refractivity contribution in [2.75, 3.05) is 5.32 Å². The summed E-state index contributed by atoms with van der Waals surface area (Å²) in [4.78, 5) is 19.8. The Balaban J connectivity index is 1.45. The second-order valence-corrected chi connectivity index (χ2v) is 13.1. The number of nitrogens with zero attached hydrogens (tertiary/aromatic N) is 1. The van der Waals surface area contributed by atoms with Crippen LogP contribution in [0.3, 0.4) is 0 Å². The molecule has 5 rings (SSSR count). The molecule has 0 bridgehead atoms. The van der Waals surface area contributed by atoms with Crippen molar-refractivity contribution in [2.45, 2.75) is 46.6 Å². The SMILES string of the molecule is CC(C)(C)[C@@H]1CCc2c(sc(N=Cc3ccccc3OCc3cccc(Cl)c3)c2C(=O)Nc2ccc(Cl)cc2)C1. The average molecular weight is 592 g/mol. The van der Waals surface area contributed by atoms with E-state index in [1.165, 1.54) is 4.88 Å². The standard InChI is InChI=1S/C33H32Cl2N2O2S/c1-33(2,3)23-11-16-27-29(18-23)40-32(30(27)31(38)37-26-14-12-24(34)13-15-26)36-19-22-8-4-5-10-28(22)39-20-21-7-6-9-25(35)17-21/h4-10,12-15,17,19,23H,11,16,18,20H2,1-3H3,(H,37,38)/t23-/m1/s1. The Labute approximate surface area is 250 Å². The van der Waals surface area contributed by atoms with Gasteiger partial charge in [0.1, 0.15) is 17.4 Å². The van der Waals surface area contributed by atoms with Crippen LogP contribution in [0.25, 0.3) is 0 Å². The molecule has 0 radical (unpaired) electrons. The van der Waals surface area contributed by atoms with Crippen LogP contribution in [0.2, 0.25) is 10.0 Å². The van der Waals surface area contributed by atoms with Crippen LogP contribution in [0.5, 0.6) is 5.75 Å². The summed E-state index contributed by atoms with van der Waals surface area (Å²) in [6.45, 7) is 7.28. The van der Waals surface area contributed by atoms with Gasteiger partial charge in [0.05, 0.1) is 5.56 Å². The van der Waals surface area contributed by atoms with E-state index in [0.717, 1.165) is 41.0 Å². The molecule has 0 spiro atoms. The van der Waals surface area contributed by atoms with Gasteiger partial charge in [-0.3, -0.25) is 4.79 Å². The van der Waals surface area contributed by atoms with Crippen molar-refractivity contribution >= 4 is 57.3 Å². The lowest BCUT2D eigenvalue weighted by Gasteiger charge is -2.33. The summed E-state index contributed by atoms with van der Waals surface area (Å²) in [5.74, 6) is 1.13. The summed E-state index contributed by atoms with van der Waals surface area (Å²) in [6, 6.07) is 22.6. The number of aliphatic imine (C=N–C) groups is 1. The molecule has 4 aromatic rings. The maximum atomic E-state index is 13.6. The Bertz CT molecular complexity index is 1540. The predicted octanol–water partition coefficient (Wildman–Crippen LogP) is 9.79. The molecule has 1 atom stereocenters. The van der Waals surface area contributed by atoms with Gasteiger partial charge >= 0.3 is 0 Å². The zero-order valence-corrected chi connectivity index (χ0v) is 25.2. The maximum absolute atomic E-state index is 13.6. The highest BCUT2D eigenvalue weighted by molar-refractivity contribution is 7.16. The highest BCUT2D eigenvalue weighted by Gasteiger charge is 2.33. The van der Waals surface area contributed by atoms with E-state index in [1.54, 1.807) is 29.7 Å². The normalized spacial score (nSPS) is 15.2. The Morgan fingerprint density at radius 1 is 1.05 bits per heavy atom. The molecule has 0 fully saturated rings. The minimum Gasteiger partial charge on any atom is -0.488 e. The number of hydrogen-bond donors (Lipinski definition) is 1. The van der Waals surface area contributed by atoms with Crippen LogP contribution in [0.1, 0.15) is 59.1 Å². The first-order valence-corrected chi connectivity index (χ1v) is 15.0. The van der Waals surface area contributed by atoms with Crippen molar-refractivity contribution in [1.82, 2.24) is 0 Å². The van der Waals surface area contributed by atoms with Crippen LogP contribution >= 0.6 is 34.5 Å². The van der Waals surface area contributed by atoms with Crippen LogP contribution < -0.4 is 10.1 Å². The van der Waals surface area contributed by atoms with Crippen molar-refractivity contribution in [3.05, 3.63) is 110 Å². The minimum absolute atomic E-state index is 0.147. The topological polar surface area (TPSA) is 50.7 Å². The fraction of sp³-hybridized carbons (Fsp3) is 0.273. The highest BCUT2D eigenvalue weighted by atomic mass is 35.5. The van der Waals surface area contributed by atoms with Crippen molar-refractivity contribution in [3.63, 3.8) is 0 Å². The van der Waals surface area contributed by atoms with Crippen molar-refractivity contribution in [1.29, 1.82) is 0 Å². The molecule has 206 valence electrons. The molecule has 1 aliphatic rings. The second-order valence-electron chi connectivity index (χ2n) is 11.2. The first-order chi connectivity index (χ1) is 19.2. The van der Waals surface area contributed by atoms with Crippen LogP contribution in [0.15, 0.2) is 77.8 Å². The van der Waals surface area contributed by atoms with Crippen molar-refractivity contribution < 1.29 is 9.53 Å². The second kappa shape index (κ2) is 12.2. The quantitative estimate of drug-likeness (QED) is 0.218. The number of fused-ring (bicyclic) bond motifs is 1. The van der Waals surface area contributed by atoms with E-state index < -0.39 is 0 Å². The number of halogens is 2. The average Bonchev–Trinajstić information content (AvgIpc) is 3.30. The molecule has 1 aromatic heterocycles. The first-order valence-electron chi connectivity index (χ1n) is 13.4. The van der Waals surface area contributed by atoms with Gasteiger partial charge in [-0.15, -0.1) is 11.3 Å². The molecule has 0 aliphatic heterocycles. The van der Waals surface area contributed by atoms with E-state index in [2.05, 4.69) is 26.1 Å². The largest absolute Gasteiger partial charge is 0.488 e. The molecule has 1 amide bonds. The van der Waals surface area contributed by atoms with Crippen molar-refractivity contribution in [3.8, 4) is 5.75 Å². The Morgan fingerprint density at radius 3 is 2.58 bits per heavy atom. The summed E-state index contributed by atoms with van der Waals surface area (Å²) in [7, 11) is 0. The third kappa shape index (κ3) is 6.77. The first kappa shape index (κ1) is 28.4. The number of nitrogens with one attached hydrogen (secondary N) is 1. The molecule has 0 unspecified atom stereocenters. The van der Waals surface area contributed by atoms with E-state index in [4.69, 9.17) is 32.9 Å². The third-order valence-corrected chi connectivity index (χ3v) is 8.97. The fourth-order valence-corrected chi connectivity index (χ4v) is 6.60. The lowest BCUT2D eigenvalue weighted by Crippen LogP contribution is -2.27. The van der Waals surface area contributed by atoms with E-state index in [9.17, 15) is 4.79 Å². The fourth-order valence-electron chi connectivity index (χ4n) is 5.00. The number of carbonyl (C=O) groups excluding carboxylic acids is 1. The van der Waals surface area contributed by atoms with E-state index in [-0.39, 0.29) is 11.3 Å². The molecule has 4 nitrogen and oxygen atoms in total. The number of ether oxygens (including phenoxy) is 1. The van der Waals surface area contributed by atoms with Gasteiger partial charge in [0, 0.05) is 32.4 Å². The number of benzene rings is 3. The highest BCUT2D eigenvalue weighted by Crippen LogP contribution is 2.45. The minimum atomic E-state index is -0.147. The molecule has 1 heterocycles. The number of hydrogen-bond acceptors (Lipinski definition) is 4. The smallest absolute Gasteiger partial charge is 0.259 e. The van der Waals surface area contributed by atoms with E-state index >= 15 is 0 Å². The lowest BCUT2D eigenvalue weighted by molar-refractivity contribution is 0.102. The van der Waals surface area contributed by atoms with Gasteiger partial charge in [-0.1, -0.05) is 68.2 Å². The molecule has 3 aromatic carbocycles. The molecule has 0 saturated carbocycles. The maximum Gasteiger partial charge on any atom is 0.259 e. The molecule has 40 heavy (non-hydrogen) atoms. The van der Waals surface area contributed by atoms with Crippen molar-refractivity contribution in [2.24, 2.45) is 16.3 Å². The monoisotopic (exact) mass is 590 g/mol. The summed E-state index contributed by atoms with van der Waals surface area (Å²) in [5.41, 5.74) is 4.51. The van der Waals surface area contributed by atoms with E-state index in [0.29, 0.717) is 39.6 Å². The number of rotatable bonds is 7. The molecule has 0 saturated heterocycles. The van der Waals surface area contributed by atoms with Gasteiger partial charge < -0.3 is 10.1 Å². The molecule has 1 N–H and O–H groups in total. The lowest BCUT2D eigenvalue weighted by atomic mass is 9.72. The summed E-state index contributed by atoms with van der Waals surface area (Å²) >= 11 is 13.8. The Hall–Kier alpha value is -3.12. The Morgan fingerprint density at radius 2 is 1.82 bits per heavy atom. The number of thiophene rings is 1. The van der Waals surface area contributed by atoms with Crippen LogP contribution in [0.4, 0.5) is 10.7 Å². The molecule has 7 heteroatoms. The van der Waals surface area contributed by atoms with Crippen LogP contribution in [-0.4, -0.2) is 12.1 Å². The third-order valence-electron chi connectivity index (χ3n) is 7.32. The van der Waals surface area contributed by atoms with Crippen LogP contribution in [0, 0.1) is 11.3 Å². The summed E-state index contributed by atoms with van der Waals surface area (Å²) in [6.07, 6.45) is 4.67. The molecular formula is C33H32Cl2N2O2S. The van der Waals surface area contributed by atoms with Crippen LogP contribution in [-0.2, 0) is 19.4 Å². The van der Waals surface area contributed by atoms with Gasteiger partial charge in [0.2, 0.25) is 0 Å². The number of anilines is 1. The number of amides is 1. The predicted molar refractivity (Wildman–Crippen MR) is 168 cm³/mol. The van der Waals surface area contributed by atoms with Gasteiger partial charge in [0.25, 0.3) is 5.91 Å². The zero-order chi connectivity index (χ0) is 28.3. The van der Waals surface area contributed by atoms with Gasteiger partial charge in [0.15, 0.2) is 0 Å². The summed E-state index contributed by atoms with van der Waals surface area (Å²) < 4.78 is 6.13. The zero-order valence-electron chi connectivity index (χ0n) is 22.8. The molecular weight excluding hydrogens is 559 g/mol. The summed E-state index contributed by atoms with van der Waals surface area (Å²) in [5, 5.41) is 5.08.